The second-order valence-corrected chi connectivity index (χ2v) is 6.16. The van der Waals surface area contributed by atoms with Gasteiger partial charge in [-0.05, 0) is 57.5 Å². The Morgan fingerprint density at radius 2 is 1.65 bits per heavy atom. The highest BCUT2D eigenvalue weighted by molar-refractivity contribution is 5.75. The highest BCUT2D eigenvalue weighted by Crippen LogP contribution is 2.15. The van der Waals surface area contributed by atoms with Crippen LogP contribution in [0.25, 0.3) is 0 Å². The maximum absolute atomic E-state index is 11.9. The maximum Gasteiger partial charge on any atom is 0.335 e. The van der Waals surface area contributed by atoms with E-state index < -0.39 is 6.10 Å². The lowest BCUT2D eigenvalue weighted by Crippen LogP contribution is -2.28. The van der Waals surface area contributed by atoms with E-state index in [0.717, 1.165) is 17.9 Å². The van der Waals surface area contributed by atoms with Crippen molar-refractivity contribution in [1.29, 1.82) is 0 Å². The van der Waals surface area contributed by atoms with Crippen molar-refractivity contribution in [2.45, 2.75) is 46.8 Å². The van der Waals surface area contributed by atoms with Crippen molar-refractivity contribution in [3.05, 3.63) is 53.3 Å². The summed E-state index contributed by atoms with van der Waals surface area (Å²) in [5.74, 6) is 0.507. The SMILES string of the molecule is CCOC(=O)[C@H](Cc1ccc(OCCn2c(C)ccc2C)cc1)OCC. The summed E-state index contributed by atoms with van der Waals surface area (Å²) in [5.41, 5.74) is 3.49. The van der Waals surface area contributed by atoms with Gasteiger partial charge in [0, 0.05) is 24.4 Å². The third-order valence-electron chi connectivity index (χ3n) is 4.26. The van der Waals surface area contributed by atoms with Crippen LogP contribution in [0.3, 0.4) is 0 Å². The molecule has 0 amide bonds. The van der Waals surface area contributed by atoms with Crippen LogP contribution in [0.5, 0.6) is 5.75 Å². The molecule has 0 unspecified atom stereocenters. The van der Waals surface area contributed by atoms with Crippen LogP contribution in [-0.4, -0.2) is 36.5 Å². The van der Waals surface area contributed by atoms with Crippen LogP contribution in [0.4, 0.5) is 0 Å². The number of aromatic nitrogens is 1. The molecule has 0 spiro atoms. The number of rotatable bonds is 10. The second kappa shape index (κ2) is 10.0. The molecule has 1 atom stereocenters. The highest BCUT2D eigenvalue weighted by atomic mass is 16.6. The Balaban J connectivity index is 1.87. The van der Waals surface area contributed by atoms with Crippen molar-refractivity contribution in [2.24, 2.45) is 0 Å². The van der Waals surface area contributed by atoms with E-state index in [9.17, 15) is 4.79 Å². The van der Waals surface area contributed by atoms with Crippen molar-refractivity contribution in [2.75, 3.05) is 19.8 Å². The molecular formula is C21H29NO4. The highest BCUT2D eigenvalue weighted by Gasteiger charge is 2.20. The Morgan fingerprint density at radius 3 is 2.23 bits per heavy atom. The number of nitrogens with zero attached hydrogens (tertiary/aromatic N) is 1. The molecular weight excluding hydrogens is 330 g/mol. The third kappa shape index (κ3) is 5.63. The summed E-state index contributed by atoms with van der Waals surface area (Å²) in [6, 6.07) is 12.0. The maximum atomic E-state index is 11.9. The van der Waals surface area contributed by atoms with Crippen molar-refractivity contribution in [3.8, 4) is 5.75 Å². The Bertz CT molecular complexity index is 671. The van der Waals surface area contributed by atoms with Crippen LogP contribution in [-0.2, 0) is 27.2 Å². The Morgan fingerprint density at radius 1 is 1.00 bits per heavy atom. The average Bonchev–Trinajstić information content (AvgIpc) is 2.95. The molecule has 142 valence electrons. The van der Waals surface area contributed by atoms with Gasteiger partial charge >= 0.3 is 5.97 Å². The third-order valence-corrected chi connectivity index (χ3v) is 4.26. The number of benzene rings is 1. The predicted molar refractivity (Wildman–Crippen MR) is 102 cm³/mol. The van der Waals surface area contributed by atoms with Gasteiger partial charge in [0.05, 0.1) is 13.2 Å². The van der Waals surface area contributed by atoms with Crippen LogP contribution < -0.4 is 4.74 Å². The molecule has 0 aliphatic heterocycles. The predicted octanol–water partition coefficient (Wildman–Crippen LogP) is 3.69. The first-order chi connectivity index (χ1) is 12.5. The van der Waals surface area contributed by atoms with Gasteiger partial charge in [-0.3, -0.25) is 0 Å². The first-order valence-electron chi connectivity index (χ1n) is 9.17. The summed E-state index contributed by atoms with van der Waals surface area (Å²) >= 11 is 0. The van der Waals surface area contributed by atoms with Gasteiger partial charge in [0.15, 0.2) is 6.10 Å². The van der Waals surface area contributed by atoms with Crippen LogP contribution in [0, 0.1) is 13.8 Å². The van der Waals surface area contributed by atoms with Crippen LogP contribution in [0.1, 0.15) is 30.8 Å². The minimum absolute atomic E-state index is 0.313. The lowest BCUT2D eigenvalue weighted by molar-refractivity contribution is -0.156. The zero-order valence-electron chi connectivity index (χ0n) is 16.2. The molecule has 0 aliphatic rings. The number of esters is 1. The van der Waals surface area contributed by atoms with E-state index in [2.05, 4.69) is 30.5 Å². The number of aryl methyl sites for hydroxylation is 2. The van der Waals surface area contributed by atoms with E-state index in [1.165, 1.54) is 11.4 Å². The van der Waals surface area contributed by atoms with Gasteiger partial charge in [0.25, 0.3) is 0 Å². The van der Waals surface area contributed by atoms with Crippen LogP contribution in [0.15, 0.2) is 36.4 Å². The average molecular weight is 359 g/mol. The lowest BCUT2D eigenvalue weighted by atomic mass is 10.1. The number of carbonyl (C=O) groups excluding carboxylic acids is 1. The zero-order valence-corrected chi connectivity index (χ0v) is 16.2. The van der Waals surface area contributed by atoms with Crippen molar-refractivity contribution < 1.29 is 19.0 Å². The van der Waals surface area contributed by atoms with E-state index in [-0.39, 0.29) is 5.97 Å². The molecule has 1 aromatic carbocycles. The quantitative estimate of drug-likeness (QED) is 0.607. The normalized spacial score (nSPS) is 12.0. The van der Waals surface area contributed by atoms with Gasteiger partial charge in [-0.15, -0.1) is 0 Å². The van der Waals surface area contributed by atoms with Crippen molar-refractivity contribution >= 4 is 5.97 Å². The van der Waals surface area contributed by atoms with Crippen molar-refractivity contribution in [3.63, 3.8) is 0 Å². The fourth-order valence-corrected chi connectivity index (χ4v) is 2.89. The van der Waals surface area contributed by atoms with E-state index in [4.69, 9.17) is 14.2 Å². The molecule has 2 rings (SSSR count). The van der Waals surface area contributed by atoms with Crippen LogP contribution in [0.2, 0.25) is 0 Å². The first kappa shape index (κ1) is 20.0. The molecule has 5 nitrogen and oxygen atoms in total. The minimum atomic E-state index is -0.564. The Kier molecular flexibility index (Phi) is 7.73. The fraction of sp³-hybridized carbons (Fsp3) is 0.476. The smallest absolute Gasteiger partial charge is 0.335 e. The first-order valence-corrected chi connectivity index (χ1v) is 9.17. The summed E-state index contributed by atoms with van der Waals surface area (Å²) in [7, 11) is 0. The van der Waals surface area contributed by atoms with Gasteiger partial charge in [-0.2, -0.15) is 0 Å². The number of hydrogen-bond donors (Lipinski definition) is 0. The molecule has 5 heteroatoms. The summed E-state index contributed by atoms with van der Waals surface area (Å²) < 4.78 is 18.7. The van der Waals surface area contributed by atoms with Crippen LogP contribution >= 0.6 is 0 Å². The molecule has 0 bridgehead atoms. The second-order valence-electron chi connectivity index (χ2n) is 6.16. The van der Waals surface area contributed by atoms with Gasteiger partial charge in [0.1, 0.15) is 12.4 Å². The monoisotopic (exact) mass is 359 g/mol. The fourth-order valence-electron chi connectivity index (χ4n) is 2.89. The van der Waals surface area contributed by atoms with Gasteiger partial charge in [0.2, 0.25) is 0 Å². The molecule has 0 N–H and O–H groups in total. The topological polar surface area (TPSA) is 49.7 Å². The number of ether oxygens (including phenoxy) is 3. The molecule has 1 aromatic heterocycles. The van der Waals surface area contributed by atoms with E-state index in [1.807, 2.05) is 31.2 Å². The van der Waals surface area contributed by atoms with E-state index in [0.29, 0.717) is 26.2 Å². The van der Waals surface area contributed by atoms with E-state index >= 15 is 0 Å². The van der Waals surface area contributed by atoms with Gasteiger partial charge in [-0.1, -0.05) is 12.1 Å². The number of hydrogen-bond acceptors (Lipinski definition) is 4. The molecule has 0 aliphatic carbocycles. The Labute approximate surface area is 155 Å². The lowest BCUT2D eigenvalue weighted by Gasteiger charge is -2.16. The number of carbonyl (C=O) groups is 1. The van der Waals surface area contributed by atoms with Crippen molar-refractivity contribution in [1.82, 2.24) is 4.57 Å². The molecule has 0 radical (unpaired) electrons. The summed E-state index contributed by atoms with van der Waals surface area (Å²) in [6.07, 6.45) is -0.0688. The van der Waals surface area contributed by atoms with E-state index in [1.54, 1.807) is 6.92 Å². The molecule has 0 saturated carbocycles. The molecule has 0 fully saturated rings. The summed E-state index contributed by atoms with van der Waals surface area (Å²) in [6.45, 7) is 10.1. The standard InChI is InChI=1S/C21H29NO4/c1-5-24-20(21(23)25-6-2)15-18-9-11-19(12-10-18)26-14-13-22-16(3)7-8-17(22)4/h7-12,20H,5-6,13-15H2,1-4H3/t20-/m0/s1. The minimum Gasteiger partial charge on any atom is -0.492 e. The molecule has 0 saturated heterocycles. The molecule has 2 aromatic rings. The summed E-state index contributed by atoms with van der Waals surface area (Å²) in [5, 5.41) is 0. The van der Waals surface area contributed by atoms with Gasteiger partial charge < -0.3 is 18.8 Å². The largest absolute Gasteiger partial charge is 0.492 e. The molecule has 1 heterocycles. The zero-order chi connectivity index (χ0) is 18.9. The summed E-state index contributed by atoms with van der Waals surface area (Å²) in [4.78, 5) is 11.9. The van der Waals surface area contributed by atoms with Gasteiger partial charge in [-0.25, -0.2) is 4.79 Å². The Hall–Kier alpha value is -2.27. The molecule has 26 heavy (non-hydrogen) atoms.